The number of benzene rings is 2. The summed E-state index contributed by atoms with van der Waals surface area (Å²) in [5.74, 6) is 1.22. The Morgan fingerprint density at radius 1 is 1.16 bits per heavy atom. The Bertz CT molecular complexity index is 940. The fraction of sp³-hybridized carbons (Fsp3) is 0.480. The SMILES string of the molecule is COc1ccc2c(c1)CC[C@@H](CN1CCC3(CC1)C(=O)NCN3c1ccccc1)[C@@H]2O. The van der Waals surface area contributed by atoms with Crippen molar-refractivity contribution in [3.05, 3.63) is 59.7 Å². The number of nitrogens with zero attached hydrogens (tertiary/aromatic N) is 2. The Balaban J connectivity index is 1.25. The van der Waals surface area contributed by atoms with Crippen LogP contribution < -0.4 is 15.0 Å². The van der Waals surface area contributed by atoms with E-state index < -0.39 is 11.6 Å². The molecule has 6 heteroatoms. The lowest BCUT2D eigenvalue weighted by atomic mass is 9.80. The Morgan fingerprint density at radius 2 is 1.94 bits per heavy atom. The summed E-state index contributed by atoms with van der Waals surface area (Å²) in [6.45, 7) is 3.19. The number of hydrogen-bond donors (Lipinski definition) is 2. The number of aryl methyl sites for hydroxylation is 1. The highest BCUT2D eigenvalue weighted by Gasteiger charge is 2.50. The van der Waals surface area contributed by atoms with E-state index in [1.54, 1.807) is 7.11 Å². The standard InChI is InChI=1S/C25H31N3O3/c1-31-21-9-10-22-18(15-21)7-8-19(23(22)29)16-27-13-11-25(12-14-27)24(30)26-17-28(25)20-5-3-2-4-6-20/h2-6,9-10,15,19,23,29H,7-8,11-14,16-17H2,1H3,(H,26,30)/t19-,23-/m0/s1. The number of aliphatic hydroxyl groups excluding tert-OH is 1. The van der Waals surface area contributed by atoms with Gasteiger partial charge in [0.2, 0.25) is 5.91 Å². The van der Waals surface area contributed by atoms with Crippen molar-refractivity contribution in [1.29, 1.82) is 0 Å². The minimum Gasteiger partial charge on any atom is -0.497 e. The zero-order valence-electron chi connectivity index (χ0n) is 18.1. The second kappa shape index (κ2) is 8.17. The molecule has 2 aromatic rings. The van der Waals surface area contributed by atoms with E-state index in [9.17, 15) is 9.90 Å². The van der Waals surface area contributed by atoms with Crippen LogP contribution in [0.4, 0.5) is 5.69 Å². The van der Waals surface area contributed by atoms with Gasteiger partial charge in [-0.25, -0.2) is 0 Å². The number of amides is 1. The average Bonchev–Trinajstić information content (AvgIpc) is 3.13. The fourth-order valence-corrected chi connectivity index (χ4v) is 5.63. The molecule has 31 heavy (non-hydrogen) atoms. The van der Waals surface area contributed by atoms with E-state index in [0.717, 1.165) is 62.3 Å². The summed E-state index contributed by atoms with van der Waals surface area (Å²) in [4.78, 5) is 17.5. The number of methoxy groups -OCH3 is 1. The van der Waals surface area contributed by atoms with Gasteiger partial charge >= 0.3 is 0 Å². The van der Waals surface area contributed by atoms with Gasteiger partial charge in [-0.2, -0.15) is 0 Å². The molecule has 0 saturated carbocycles. The van der Waals surface area contributed by atoms with E-state index in [2.05, 4.69) is 33.3 Å². The number of likely N-dealkylation sites (tertiary alicyclic amines) is 1. The maximum atomic E-state index is 12.9. The van der Waals surface area contributed by atoms with Gasteiger partial charge in [-0.05, 0) is 61.1 Å². The molecule has 5 rings (SSSR count). The van der Waals surface area contributed by atoms with Gasteiger partial charge in [0.25, 0.3) is 0 Å². The number of carbonyl (C=O) groups excluding carboxylic acids is 1. The van der Waals surface area contributed by atoms with E-state index in [4.69, 9.17) is 4.74 Å². The van der Waals surface area contributed by atoms with Gasteiger partial charge in [-0.1, -0.05) is 24.3 Å². The summed E-state index contributed by atoms with van der Waals surface area (Å²) in [6.07, 6.45) is 3.12. The second-order valence-electron chi connectivity index (χ2n) is 9.07. The number of piperidine rings is 1. The van der Waals surface area contributed by atoms with E-state index in [-0.39, 0.29) is 11.8 Å². The molecule has 1 aliphatic carbocycles. The molecular weight excluding hydrogens is 390 g/mol. The highest BCUT2D eigenvalue weighted by atomic mass is 16.5. The Hall–Kier alpha value is -2.57. The molecule has 0 radical (unpaired) electrons. The number of ether oxygens (including phenoxy) is 1. The number of anilines is 1. The average molecular weight is 422 g/mol. The zero-order valence-corrected chi connectivity index (χ0v) is 18.1. The van der Waals surface area contributed by atoms with Crippen LogP contribution in [0.2, 0.25) is 0 Å². The molecule has 3 aliphatic rings. The summed E-state index contributed by atoms with van der Waals surface area (Å²) in [5.41, 5.74) is 2.88. The predicted molar refractivity (Wildman–Crippen MR) is 120 cm³/mol. The van der Waals surface area contributed by atoms with Crippen LogP contribution in [-0.2, 0) is 11.2 Å². The van der Waals surface area contributed by atoms with Crippen molar-refractivity contribution in [3.63, 3.8) is 0 Å². The first-order chi connectivity index (χ1) is 15.1. The van der Waals surface area contributed by atoms with E-state index in [0.29, 0.717) is 6.67 Å². The maximum Gasteiger partial charge on any atom is 0.247 e. The topological polar surface area (TPSA) is 65.0 Å². The summed E-state index contributed by atoms with van der Waals surface area (Å²) in [5, 5.41) is 14.1. The van der Waals surface area contributed by atoms with Gasteiger partial charge in [0.1, 0.15) is 11.3 Å². The number of rotatable bonds is 4. The summed E-state index contributed by atoms with van der Waals surface area (Å²) in [7, 11) is 1.68. The Morgan fingerprint density at radius 3 is 2.68 bits per heavy atom. The number of aliphatic hydroxyl groups is 1. The van der Waals surface area contributed by atoms with Crippen molar-refractivity contribution in [2.45, 2.75) is 37.3 Å². The van der Waals surface area contributed by atoms with E-state index in [1.807, 2.05) is 30.3 Å². The Labute approximate surface area is 183 Å². The predicted octanol–water partition coefficient (Wildman–Crippen LogP) is 2.72. The third kappa shape index (κ3) is 3.58. The van der Waals surface area contributed by atoms with Crippen molar-refractivity contribution < 1.29 is 14.6 Å². The lowest BCUT2D eigenvalue weighted by Gasteiger charge is -2.44. The largest absolute Gasteiger partial charge is 0.497 e. The monoisotopic (exact) mass is 421 g/mol. The Kier molecular flexibility index (Phi) is 5.36. The number of carbonyl (C=O) groups is 1. The van der Waals surface area contributed by atoms with Gasteiger partial charge in [-0.15, -0.1) is 0 Å². The van der Waals surface area contributed by atoms with E-state index in [1.165, 1.54) is 5.56 Å². The molecule has 1 spiro atoms. The minimum atomic E-state index is -0.452. The lowest BCUT2D eigenvalue weighted by molar-refractivity contribution is -0.125. The summed E-state index contributed by atoms with van der Waals surface area (Å²) >= 11 is 0. The molecule has 164 valence electrons. The van der Waals surface area contributed by atoms with Gasteiger partial charge < -0.3 is 25.0 Å². The minimum absolute atomic E-state index is 0.150. The smallest absolute Gasteiger partial charge is 0.247 e. The van der Waals surface area contributed by atoms with Crippen molar-refractivity contribution >= 4 is 11.6 Å². The molecule has 2 fully saturated rings. The number of nitrogens with one attached hydrogen (secondary N) is 1. The highest BCUT2D eigenvalue weighted by molar-refractivity contribution is 5.93. The lowest BCUT2D eigenvalue weighted by Crippen LogP contribution is -2.57. The van der Waals surface area contributed by atoms with Crippen LogP contribution in [0.15, 0.2) is 48.5 Å². The summed E-state index contributed by atoms with van der Waals surface area (Å²) in [6, 6.07) is 16.2. The number of hydrogen-bond acceptors (Lipinski definition) is 5. The fourth-order valence-electron chi connectivity index (χ4n) is 5.63. The molecule has 0 aromatic heterocycles. The van der Waals surface area contributed by atoms with Gasteiger partial charge in [-0.3, -0.25) is 4.79 Å². The van der Waals surface area contributed by atoms with Crippen LogP contribution in [0.5, 0.6) is 5.75 Å². The highest BCUT2D eigenvalue weighted by Crippen LogP contribution is 2.39. The van der Waals surface area contributed by atoms with E-state index >= 15 is 0 Å². The van der Waals surface area contributed by atoms with Crippen LogP contribution >= 0.6 is 0 Å². The van der Waals surface area contributed by atoms with Crippen molar-refractivity contribution in [2.24, 2.45) is 5.92 Å². The van der Waals surface area contributed by atoms with Gasteiger partial charge in [0.05, 0.1) is 19.9 Å². The molecule has 2 aromatic carbocycles. The van der Waals surface area contributed by atoms with Crippen LogP contribution in [0, 0.1) is 5.92 Å². The third-order valence-corrected chi connectivity index (χ3v) is 7.48. The van der Waals surface area contributed by atoms with Crippen LogP contribution in [0.3, 0.4) is 0 Å². The second-order valence-corrected chi connectivity index (χ2v) is 9.07. The molecule has 1 amide bonds. The summed E-state index contributed by atoms with van der Waals surface area (Å²) < 4.78 is 5.33. The molecule has 2 saturated heterocycles. The third-order valence-electron chi connectivity index (χ3n) is 7.48. The molecule has 0 unspecified atom stereocenters. The first-order valence-corrected chi connectivity index (χ1v) is 11.3. The van der Waals surface area contributed by atoms with Crippen LogP contribution in [-0.4, -0.2) is 54.9 Å². The van der Waals surface area contributed by atoms with Crippen LogP contribution in [0.25, 0.3) is 0 Å². The molecule has 0 bridgehead atoms. The van der Waals surface area contributed by atoms with Crippen molar-refractivity contribution in [3.8, 4) is 5.75 Å². The van der Waals surface area contributed by atoms with Crippen LogP contribution in [0.1, 0.15) is 36.5 Å². The zero-order chi connectivity index (χ0) is 21.4. The first kappa shape index (κ1) is 20.3. The van der Waals surface area contributed by atoms with Crippen molar-refractivity contribution in [2.75, 3.05) is 38.3 Å². The maximum absolute atomic E-state index is 12.9. The molecule has 2 aliphatic heterocycles. The molecule has 2 atom stereocenters. The normalized spacial score (nSPS) is 25.4. The molecule has 2 heterocycles. The van der Waals surface area contributed by atoms with Crippen molar-refractivity contribution in [1.82, 2.24) is 10.2 Å². The van der Waals surface area contributed by atoms with Gasteiger partial charge in [0, 0.05) is 31.2 Å². The molecule has 2 N–H and O–H groups in total. The molecule has 6 nitrogen and oxygen atoms in total. The number of fused-ring (bicyclic) bond motifs is 1. The molecular formula is C25H31N3O3. The quantitative estimate of drug-likeness (QED) is 0.795. The number of para-hydroxylation sites is 1. The first-order valence-electron chi connectivity index (χ1n) is 11.3. The van der Waals surface area contributed by atoms with Gasteiger partial charge in [0.15, 0.2) is 0 Å².